The summed E-state index contributed by atoms with van der Waals surface area (Å²) in [4.78, 5) is 14.1. The third kappa shape index (κ3) is 4.12. The third-order valence-electron chi connectivity index (χ3n) is 3.49. The summed E-state index contributed by atoms with van der Waals surface area (Å²) >= 11 is 0. The van der Waals surface area contributed by atoms with Gasteiger partial charge in [0.05, 0.1) is 0 Å². The molecule has 0 aromatic heterocycles. The van der Waals surface area contributed by atoms with Crippen molar-refractivity contribution in [2.45, 2.75) is 58.9 Å². The highest BCUT2D eigenvalue weighted by atomic mass is 16.2. The molecule has 0 aromatic rings. The van der Waals surface area contributed by atoms with Gasteiger partial charge in [-0.3, -0.25) is 4.79 Å². The summed E-state index contributed by atoms with van der Waals surface area (Å²) in [6.07, 6.45) is 4.19. The smallest absolute Gasteiger partial charge is 0.225 e. The quantitative estimate of drug-likeness (QED) is 0.727. The molecule has 3 heteroatoms. The number of hydrogen-bond acceptors (Lipinski definition) is 2. The van der Waals surface area contributed by atoms with Crippen LogP contribution in [0.1, 0.15) is 53.4 Å². The Bertz CT molecular complexity index is 214. The molecule has 1 atom stereocenters. The van der Waals surface area contributed by atoms with Crippen LogP contribution in [0.4, 0.5) is 0 Å². The summed E-state index contributed by atoms with van der Waals surface area (Å²) in [6.45, 7) is 8.76. The highest BCUT2D eigenvalue weighted by Crippen LogP contribution is 2.20. The van der Waals surface area contributed by atoms with Crippen molar-refractivity contribution < 1.29 is 4.79 Å². The first-order chi connectivity index (χ1) is 7.40. The third-order valence-corrected chi connectivity index (χ3v) is 3.49. The summed E-state index contributed by atoms with van der Waals surface area (Å²) < 4.78 is 0. The lowest BCUT2D eigenvalue weighted by Gasteiger charge is -2.36. The Kier molecular flexibility index (Phi) is 6.65. The van der Waals surface area contributed by atoms with Crippen LogP contribution in [0, 0.1) is 5.92 Å². The lowest BCUT2D eigenvalue weighted by Crippen LogP contribution is -2.51. The summed E-state index contributed by atoms with van der Waals surface area (Å²) in [7, 11) is 1.86. The van der Waals surface area contributed by atoms with E-state index in [9.17, 15) is 4.79 Å². The molecule has 0 aliphatic carbocycles. The number of nitrogens with two attached hydrogens (primary N) is 1. The minimum atomic E-state index is -0.239. The molecule has 0 aromatic carbocycles. The van der Waals surface area contributed by atoms with Gasteiger partial charge in [-0.2, -0.15) is 0 Å². The molecular formula is C13H28N2O. The second-order valence-corrected chi connectivity index (χ2v) is 5.16. The van der Waals surface area contributed by atoms with Gasteiger partial charge in [-0.05, 0) is 26.7 Å². The predicted octanol–water partition coefficient (Wildman–Crippen LogP) is 2.40. The fourth-order valence-corrected chi connectivity index (χ4v) is 1.66. The average molecular weight is 228 g/mol. The van der Waals surface area contributed by atoms with E-state index < -0.39 is 0 Å². The van der Waals surface area contributed by atoms with E-state index in [1.807, 2.05) is 25.8 Å². The first kappa shape index (κ1) is 15.4. The van der Waals surface area contributed by atoms with Gasteiger partial charge in [0.2, 0.25) is 5.91 Å². The van der Waals surface area contributed by atoms with Crippen molar-refractivity contribution in [3.63, 3.8) is 0 Å². The molecule has 16 heavy (non-hydrogen) atoms. The van der Waals surface area contributed by atoms with Crippen LogP contribution in [-0.4, -0.2) is 29.9 Å². The number of unbranched alkanes of at least 4 members (excludes halogenated alkanes) is 1. The van der Waals surface area contributed by atoms with Crippen molar-refractivity contribution in [1.29, 1.82) is 0 Å². The molecule has 96 valence electrons. The zero-order chi connectivity index (χ0) is 12.8. The van der Waals surface area contributed by atoms with E-state index in [0.29, 0.717) is 6.54 Å². The molecule has 0 saturated carbocycles. The van der Waals surface area contributed by atoms with E-state index in [2.05, 4.69) is 13.8 Å². The second kappa shape index (κ2) is 6.89. The molecule has 2 N–H and O–H groups in total. The molecule has 0 aliphatic rings. The number of likely N-dealkylation sites (N-methyl/N-ethyl adjacent to an activating group) is 1. The van der Waals surface area contributed by atoms with Gasteiger partial charge >= 0.3 is 0 Å². The van der Waals surface area contributed by atoms with Gasteiger partial charge in [0.15, 0.2) is 0 Å². The molecule has 1 amide bonds. The number of carbonyl (C=O) groups is 1. The van der Waals surface area contributed by atoms with Crippen molar-refractivity contribution >= 4 is 5.91 Å². The fourth-order valence-electron chi connectivity index (χ4n) is 1.66. The summed E-state index contributed by atoms with van der Waals surface area (Å²) in [6, 6.07) is 0. The number of carbonyl (C=O) groups excluding carboxylic acids is 1. The van der Waals surface area contributed by atoms with Crippen molar-refractivity contribution in [2.75, 3.05) is 13.6 Å². The monoisotopic (exact) mass is 228 g/mol. The highest BCUT2D eigenvalue weighted by Gasteiger charge is 2.29. The Balaban J connectivity index is 4.49. The van der Waals surface area contributed by atoms with Gasteiger partial charge in [0.25, 0.3) is 0 Å². The van der Waals surface area contributed by atoms with E-state index in [-0.39, 0.29) is 17.4 Å². The Morgan fingerprint density at radius 1 is 1.38 bits per heavy atom. The van der Waals surface area contributed by atoms with E-state index in [1.54, 1.807) is 0 Å². The molecule has 0 bridgehead atoms. The van der Waals surface area contributed by atoms with Crippen LogP contribution in [0.5, 0.6) is 0 Å². The van der Waals surface area contributed by atoms with Crippen LogP contribution in [0.15, 0.2) is 0 Å². The van der Waals surface area contributed by atoms with E-state index >= 15 is 0 Å². The number of rotatable bonds is 7. The van der Waals surface area contributed by atoms with E-state index in [4.69, 9.17) is 5.73 Å². The first-order valence-electron chi connectivity index (χ1n) is 6.38. The maximum Gasteiger partial charge on any atom is 0.225 e. The van der Waals surface area contributed by atoms with Gasteiger partial charge in [-0.1, -0.05) is 26.7 Å². The molecule has 0 aliphatic heterocycles. The van der Waals surface area contributed by atoms with Crippen LogP contribution in [0.2, 0.25) is 0 Å². The maximum atomic E-state index is 12.3. The van der Waals surface area contributed by atoms with E-state index in [1.165, 1.54) is 0 Å². The Labute approximate surface area is 100 Å². The van der Waals surface area contributed by atoms with E-state index in [0.717, 1.165) is 25.7 Å². The molecule has 0 spiro atoms. The zero-order valence-corrected chi connectivity index (χ0v) is 11.5. The molecule has 1 unspecified atom stereocenters. The number of hydrogen-bond donors (Lipinski definition) is 1. The molecule has 0 heterocycles. The molecule has 0 fully saturated rings. The summed E-state index contributed by atoms with van der Waals surface area (Å²) in [5, 5.41) is 0. The Morgan fingerprint density at radius 3 is 2.31 bits per heavy atom. The average Bonchev–Trinajstić information content (AvgIpc) is 2.28. The second-order valence-electron chi connectivity index (χ2n) is 5.16. The lowest BCUT2D eigenvalue weighted by molar-refractivity contribution is -0.139. The fraction of sp³-hybridized carbons (Fsp3) is 0.923. The van der Waals surface area contributed by atoms with Crippen LogP contribution in [0.3, 0.4) is 0 Å². The molecule has 0 rings (SSSR count). The first-order valence-corrected chi connectivity index (χ1v) is 6.38. The standard InChI is InChI=1S/C13H28N2O/c1-6-8-9-11(7-2)12(16)15(5)13(3,4)10-14/h11H,6-10,14H2,1-5H3. The topological polar surface area (TPSA) is 46.3 Å². The number of nitrogens with zero attached hydrogens (tertiary/aromatic N) is 1. The molecule has 0 saturated heterocycles. The number of amides is 1. The van der Waals surface area contributed by atoms with Gasteiger partial charge in [0, 0.05) is 25.0 Å². The Morgan fingerprint density at radius 2 is 1.94 bits per heavy atom. The molecule has 3 nitrogen and oxygen atoms in total. The molecule has 0 radical (unpaired) electrons. The lowest BCUT2D eigenvalue weighted by atomic mass is 9.95. The van der Waals surface area contributed by atoms with Crippen LogP contribution in [0.25, 0.3) is 0 Å². The van der Waals surface area contributed by atoms with Gasteiger partial charge in [-0.15, -0.1) is 0 Å². The summed E-state index contributed by atoms with van der Waals surface area (Å²) in [5.74, 6) is 0.405. The maximum absolute atomic E-state index is 12.3. The van der Waals surface area contributed by atoms with Crippen LogP contribution >= 0.6 is 0 Å². The normalized spacial score (nSPS) is 13.6. The minimum Gasteiger partial charge on any atom is -0.339 e. The van der Waals surface area contributed by atoms with Crippen LogP contribution < -0.4 is 5.73 Å². The van der Waals surface area contributed by atoms with Gasteiger partial charge in [-0.25, -0.2) is 0 Å². The van der Waals surface area contributed by atoms with Crippen LogP contribution in [-0.2, 0) is 4.79 Å². The minimum absolute atomic E-state index is 0.163. The SMILES string of the molecule is CCCCC(CC)C(=O)N(C)C(C)(C)CN. The predicted molar refractivity (Wildman–Crippen MR) is 69.2 cm³/mol. The zero-order valence-electron chi connectivity index (χ0n) is 11.5. The molecular weight excluding hydrogens is 200 g/mol. The van der Waals surface area contributed by atoms with Crippen molar-refractivity contribution in [1.82, 2.24) is 4.90 Å². The largest absolute Gasteiger partial charge is 0.339 e. The van der Waals surface area contributed by atoms with Crippen molar-refractivity contribution in [2.24, 2.45) is 11.7 Å². The van der Waals surface area contributed by atoms with Gasteiger partial charge < -0.3 is 10.6 Å². The highest BCUT2D eigenvalue weighted by molar-refractivity contribution is 5.79. The van der Waals surface area contributed by atoms with Gasteiger partial charge in [0.1, 0.15) is 0 Å². The Hall–Kier alpha value is -0.570. The van der Waals surface area contributed by atoms with Crippen molar-refractivity contribution in [3.05, 3.63) is 0 Å². The summed E-state index contributed by atoms with van der Waals surface area (Å²) in [5.41, 5.74) is 5.45. The van der Waals surface area contributed by atoms with Crippen molar-refractivity contribution in [3.8, 4) is 0 Å².